The maximum absolute atomic E-state index is 12.3. The van der Waals surface area contributed by atoms with Gasteiger partial charge in [-0.3, -0.25) is 4.79 Å². The topological polar surface area (TPSA) is 26.3 Å². The first kappa shape index (κ1) is 17.0. The fourth-order valence-corrected chi connectivity index (χ4v) is 3.18. The number of carbonyl (C=O) groups is 1. The van der Waals surface area contributed by atoms with Gasteiger partial charge in [-0.2, -0.15) is 0 Å². The van der Waals surface area contributed by atoms with Crippen LogP contribution in [0.5, 0.6) is 0 Å². The van der Waals surface area contributed by atoms with E-state index < -0.39 is 5.60 Å². The highest BCUT2D eigenvalue weighted by molar-refractivity contribution is 14.1. The number of fused-ring (bicyclic) bond motifs is 1. The predicted molar refractivity (Wildman–Crippen MR) is 101 cm³/mol. The minimum Gasteiger partial charge on any atom is -0.459 e. The van der Waals surface area contributed by atoms with Crippen LogP contribution < -0.4 is 0 Å². The Morgan fingerprint density at radius 2 is 1.82 bits per heavy atom. The average molecular weight is 408 g/mol. The zero-order chi connectivity index (χ0) is 16.3. The van der Waals surface area contributed by atoms with Gasteiger partial charge in [-0.1, -0.05) is 71.1 Å². The number of esters is 1. The maximum Gasteiger partial charge on any atom is 0.320 e. The standard InChI is InChI=1S/C19H21IO2/c1-5-16(17(20)18(21)22-19(2,3)4)15-11-10-13-8-6-7-9-14(13)12-15/h5-12,16-17H,1H2,2-4H3/t16-,17+/m0/s1. The fraction of sp³-hybridized carbons (Fsp3) is 0.316. The molecule has 0 heterocycles. The van der Waals surface area contributed by atoms with Crippen molar-refractivity contribution in [2.45, 2.75) is 36.2 Å². The Bertz CT molecular complexity index is 685. The molecular weight excluding hydrogens is 387 g/mol. The maximum atomic E-state index is 12.3. The summed E-state index contributed by atoms with van der Waals surface area (Å²) in [5.74, 6) is -0.272. The van der Waals surface area contributed by atoms with E-state index in [1.54, 1.807) is 0 Å². The van der Waals surface area contributed by atoms with Gasteiger partial charge in [0, 0.05) is 5.92 Å². The Balaban J connectivity index is 2.29. The Labute approximate surface area is 145 Å². The van der Waals surface area contributed by atoms with Crippen molar-refractivity contribution in [1.82, 2.24) is 0 Å². The molecule has 0 saturated heterocycles. The Hall–Kier alpha value is -1.36. The third-order valence-corrected chi connectivity index (χ3v) is 4.64. The summed E-state index contributed by atoms with van der Waals surface area (Å²) in [5, 5.41) is 2.36. The number of rotatable bonds is 4. The third kappa shape index (κ3) is 4.09. The lowest BCUT2D eigenvalue weighted by Gasteiger charge is -2.25. The number of hydrogen-bond acceptors (Lipinski definition) is 2. The van der Waals surface area contributed by atoms with Crippen LogP contribution in [0, 0.1) is 0 Å². The molecule has 0 saturated carbocycles. The Kier molecular flexibility index (Phi) is 5.27. The van der Waals surface area contributed by atoms with Crippen molar-refractivity contribution in [2.75, 3.05) is 0 Å². The minimum absolute atomic E-state index is 0.0694. The van der Waals surface area contributed by atoms with Crippen molar-refractivity contribution in [1.29, 1.82) is 0 Å². The lowest BCUT2D eigenvalue weighted by Crippen LogP contribution is -2.31. The lowest BCUT2D eigenvalue weighted by atomic mass is 9.93. The normalized spacial score (nSPS) is 14.4. The van der Waals surface area contributed by atoms with Crippen molar-refractivity contribution in [3.63, 3.8) is 0 Å². The molecule has 2 atom stereocenters. The SMILES string of the molecule is C=C[C@@H](c1ccc2ccccc2c1)[C@@H](I)C(=O)OC(C)(C)C. The van der Waals surface area contributed by atoms with Gasteiger partial charge in [0.25, 0.3) is 0 Å². The second-order valence-corrected chi connectivity index (χ2v) is 7.65. The highest BCUT2D eigenvalue weighted by atomic mass is 127. The summed E-state index contributed by atoms with van der Waals surface area (Å²) in [5.41, 5.74) is 0.606. The van der Waals surface area contributed by atoms with E-state index >= 15 is 0 Å². The molecule has 22 heavy (non-hydrogen) atoms. The van der Waals surface area contributed by atoms with E-state index in [4.69, 9.17) is 4.74 Å². The molecule has 0 aliphatic carbocycles. The van der Waals surface area contributed by atoms with Crippen LogP contribution in [-0.4, -0.2) is 15.5 Å². The van der Waals surface area contributed by atoms with Gasteiger partial charge in [0.2, 0.25) is 0 Å². The van der Waals surface area contributed by atoms with Crippen LogP contribution in [-0.2, 0) is 9.53 Å². The molecule has 2 rings (SSSR count). The molecule has 2 aromatic rings. The first-order chi connectivity index (χ1) is 10.3. The molecule has 0 aliphatic heterocycles. The largest absolute Gasteiger partial charge is 0.459 e. The van der Waals surface area contributed by atoms with E-state index in [0.29, 0.717) is 0 Å². The van der Waals surface area contributed by atoms with Crippen LogP contribution in [0.15, 0.2) is 55.1 Å². The molecule has 0 unspecified atom stereocenters. The molecule has 0 bridgehead atoms. The zero-order valence-corrected chi connectivity index (χ0v) is 15.3. The van der Waals surface area contributed by atoms with Gasteiger partial charge in [0.1, 0.15) is 9.53 Å². The van der Waals surface area contributed by atoms with Crippen LogP contribution in [0.2, 0.25) is 0 Å². The van der Waals surface area contributed by atoms with Crippen LogP contribution in [0.1, 0.15) is 32.3 Å². The lowest BCUT2D eigenvalue weighted by molar-refractivity contribution is -0.153. The molecule has 0 amide bonds. The van der Waals surface area contributed by atoms with Gasteiger partial charge in [0.15, 0.2) is 0 Å². The first-order valence-corrected chi connectivity index (χ1v) is 8.54. The van der Waals surface area contributed by atoms with E-state index in [1.807, 2.05) is 39.0 Å². The van der Waals surface area contributed by atoms with Crippen LogP contribution in [0.4, 0.5) is 0 Å². The van der Waals surface area contributed by atoms with E-state index in [-0.39, 0.29) is 15.8 Å². The molecule has 2 nitrogen and oxygen atoms in total. The average Bonchev–Trinajstić information content (AvgIpc) is 2.46. The smallest absolute Gasteiger partial charge is 0.320 e. The minimum atomic E-state index is -0.477. The van der Waals surface area contributed by atoms with Crippen molar-refractivity contribution < 1.29 is 9.53 Å². The molecule has 116 valence electrons. The van der Waals surface area contributed by atoms with Gasteiger partial charge < -0.3 is 4.74 Å². The third-order valence-electron chi connectivity index (χ3n) is 3.36. The molecule has 2 aromatic carbocycles. The quantitative estimate of drug-likeness (QED) is 0.299. The summed E-state index contributed by atoms with van der Waals surface area (Å²) in [6, 6.07) is 14.5. The van der Waals surface area contributed by atoms with Gasteiger partial charge in [0.05, 0.1) is 0 Å². The number of ether oxygens (including phenoxy) is 1. The van der Waals surface area contributed by atoms with E-state index in [1.165, 1.54) is 10.8 Å². The van der Waals surface area contributed by atoms with Gasteiger partial charge in [-0.05, 0) is 37.1 Å². The second-order valence-electron chi connectivity index (χ2n) is 6.30. The summed E-state index contributed by atoms with van der Waals surface area (Å²) in [6.45, 7) is 9.55. The summed E-state index contributed by atoms with van der Waals surface area (Å²) in [6.07, 6.45) is 1.82. The van der Waals surface area contributed by atoms with Gasteiger partial charge >= 0.3 is 5.97 Å². The number of benzene rings is 2. The molecule has 0 aromatic heterocycles. The highest BCUT2D eigenvalue weighted by Crippen LogP contribution is 2.31. The summed E-state index contributed by atoms with van der Waals surface area (Å²) in [7, 11) is 0. The number of hydrogen-bond donors (Lipinski definition) is 0. The molecule has 0 aliphatic rings. The molecule has 0 spiro atoms. The first-order valence-electron chi connectivity index (χ1n) is 7.30. The van der Waals surface area contributed by atoms with Crippen molar-refractivity contribution >= 4 is 39.3 Å². The molecule has 0 radical (unpaired) electrons. The number of halogens is 1. The Morgan fingerprint density at radius 3 is 2.41 bits per heavy atom. The number of allylic oxidation sites excluding steroid dienone is 1. The van der Waals surface area contributed by atoms with E-state index in [9.17, 15) is 4.79 Å². The zero-order valence-electron chi connectivity index (χ0n) is 13.2. The van der Waals surface area contributed by atoms with Crippen LogP contribution in [0.25, 0.3) is 10.8 Å². The van der Waals surface area contributed by atoms with Crippen LogP contribution >= 0.6 is 22.6 Å². The molecular formula is C19H21IO2. The van der Waals surface area contributed by atoms with Gasteiger partial charge in [-0.25, -0.2) is 0 Å². The second kappa shape index (κ2) is 6.82. The summed E-state index contributed by atoms with van der Waals surface area (Å²) in [4.78, 5) is 12.3. The number of alkyl halides is 1. The summed E-state index contributed by atoms with van der Waals surface area (Å²) < 4.78 is 5.20. The molecule has 0 N–H and O–H groups in total. The summed E-state index contributed by atoms with van der Waals surface area (Å²) >= 11 is 2.15. The molecule has 3 heteroatoms. The number of carbonyl (C=O) groups excluding carboxylic acids is 1. The van der Waals surface area contributed by atoms with E-state index in [0.717, 1.165) is 5.56 Å². The van der Waals surface area contributed by atoms with Crippen molar-refractivity contribution in [3.05, 3.63) is 60.7 Å². The Morgan fingerprint density at radius 1 is 1.18 bits per heavy atom. The van der Waals surface area contributed by atoms with E-state index in [2.05, 4.69) is 59.5 Å². The molecule has 0 fully saturated rings. The fourth-order valence-electron chi connectivity index (χ4n) is 2.34. The van der Waals surface area contributed by atoms with Crippen molar-refractivity contribution in [2.24, 2.45) is 0 Å². The van der Waals surface area contributed by atoms with Gasteiger partial charge in [-0.15, -0.1) is 6.58 Å². The highest BCUT2D eigenvalue weighted by Gasteiger charge is 2.29. The monoisotopic (exact) mass is 408 g/mol. The van der Waals surface area contributed by atoms with Crippen LogP contribution in [0.3, 0.4) is 0 Å². The van der Waals surface area contributed by atoms with Crippen molar-refractivity contribution in [3.8, 4) is 0 Å². The predicted octanol–water partition coefficient (Wildman–Crippen LogP) is 5.25.